The highest BCUT2D eigenvalue weighted by atomic mass is 19.1. The van der Waals surface area contributed by atoms with Crippen LogP contribution < -0.4 is 4.90 Å². The lowest BCUT2D eigenvalue weighted by Crippen LogP contribution is -2.49. The molecule has 1 aliphatic rings. The van der Waals surface area contributed by atoms with Gasteiger partial charge in [-0.2, -0.15) is 5.10 Å². The number of nitro groups is 1. The van der Waals surface area contributed by atoms with Gasteiger partial charge in [-0.1, -0.05) is 0 Å². The van der Waals surface area contributed by atoms with Crippen molar-refractivity contribution in [3.05, 3.63) is 94.6 Å². The molecule has 2 aromatic carbocycles. The molecule has 5 rings (SSSR count). The number of carbonyl (C=O) groups excluding carboxylic acids is 1. The number of nitro benzene ring substituents is 1. The molecule has 172 valence electrons. The number of hydrogen-bond donors (Lipinski definition) is 0. The lowest BCUT2D eigenvalue weighted by Gasteiger charge is -2.36. The number of anilines is 1. The van der Waals surface area contributed by atoms with Crippen molar-refractivity contribution in [2.45, 2.75) is 0 Å². The van der Waals surface area contributed by atoms with Crippen LogP contribution in [0.15, 0.2) is 77.4 Å². The fourth-order valence-corrected chi connectivity index (χ4v) is 3.97. The van der Waals surface area contributed by atoms with Crippen molar-refractivity contribution in [3.63, 3.8) is 0 Å². The zero-order valence-electron chi connectivity index (χ0n) is 18.0. The highest BCUT2D eigenvalue weighted by Crippen LogP contribution is 2.25. The Kier molecular flexibility index (Phi) is 5.54. The summed E-state index contributed by atoms with van der Waals surface area (Å²) in [6.07, 6.45) is 1.53. The second-order valence-corrected chi connectivity index (χ2v) is 7.83. The first-order chi connectivity index (χ1) is 16.5. The van der Waals surface area contributed by atoms with E-state index in [9.17, 15) is 19.3 Å². The predicted octanol–water partition coefficient (Wildman–Crippen LogP) is 4.14. The standard InChI is InChI=1S/C24H20FN5O4/c25-17-3-5-19(6-4-17)29-22(16-21(26-29)23-2-1-15-34-23)24(31)28-13-11-27(12-14-28)18-7-9-20(10-8-18)30(32)33/h1-10,15-16H,11-14H2. The first kappa shape index (κ1) is 21.4. The van der Waals surface area contributed by atoms with Crippen molar-refractivity contribution >= 4 is 17.3 Å². The molecule has 34 heavy (non-hydrogen) atoms. The smallest absolute Gasteiger partial charge is 0.272 e. The summed E-state index contributed by atoms with van der Waals surface area (Å²) in [5.74, 6) is -0.0479. The van der Waals surface area contributed by atoms with E-state index < -0.39 is 4.92 Å². The van der Waals surface area contributed by atoms with Crippen LogP contribution in [0.5, 0.6) is 0 Å². The number of non-ortho nitro benzene ring substituents is 1. The van der Waals surface area contributed by atoms with Crippen molar-refractivity contribution < 1.29 is 18.5 Å². The predicted molar refractivity (Wildman–Crippen MR) is 122 cm³/mol. The fraction of sp³-hybridized carbons (Fsp3) is 0.167. The van der Waals surface area contributed by atoms with E-state index in [0.717, 1.165) is 5.69 Å². The maximum atomic E-state index is 13.5. The summed E-state index contributed by atoms with van der Waals surface area (Å²) in [6.45, 7) is 2.11. The molecule has 0 N–H and O–H groups in total. The van der Waals surface area contributed by atoms with Gasteiger partial charge in [0.1, 0.15) is 17.2 Å². The Hall–Kier alpha value is -4.47. The molecule has 0 saturated carbocycles. The molecule has 1 fully saturated rings. The maximum absolute atomic E-state index is 13.5. The monoisotopic (exact) mass is 461 g/mol. The first-order valence-electron chi connectivity index (χ1n) is 10.7. The first-order valence-corrected chi connectivity index (χ1v) is 10.7. The van der Waals surface area contributed by atoms with Gasteiger partial charge in [0.15, 0.2) is 5.76 Å². The maximum Gasteiger partial charge on any atom is 0.272 e. The summed E-state index contributed by atoms with van der Waals surface area (Å²) >= 11 is 0. The summed E-state index contributed by atoms with van der Waals surface area (Å²) in [5, 5.41) is 15.4. The van der Waals surface area contributed by atoms with Crippen LogP contribution >= 0.6 is 0 Å². The van der Waals surface area contributed by atoms with Gasteiger partial charge in [-0.25, -0.2) is 9.07 Å². The number of rotatable bonds is 5. The average molecular weight is 461 g/mol. The molecule has 1 amide bonds. The molecule has 1 aliphatic heterocycles. The van der Waals surface area contributed by atoms with Gasteiger partial charge in [0.25, 0.3) is 11.6 Å². The molecule has 4 aromatic rings. The SMILES string of the molecule is O=C(c1cc(-c2ccco2)nn1-c1ccc(F)cc1)N1CCN(c2ccc([N+](=O)[O-])cc2)CC1. The number of amides is 1. The second-order valence-electron chi connectivity index (χ2n) is 7.83. The van der Waals surface area contributed by atoms with Crippen LogP contribution in [-0.4, -0.2) is 51.7 Å². The number of benzene rings is 2. The summed E-state index contributed by atoms with van der Waals surface area (Å²) in [4.78, 5) is 27.7. The topological polar surface area (TPSA) is 97.7 Å². The number of aromatic nitrogens is 2. The van der Waals surface area contributed by atoms with E-state index in [4.69, 9.17) is 4.42 Å². The highest BCUT2D eigenvalue weighted by Gasteiger charge is 2.27. The van der Waals surface area contributed by atoms with Crippen LogP contribution in [-0.2, 0) is 0 Å². The summed E-state index contributed by atoms with van der Waals surface area (Å²) < 4.78 is 20.4. The zero-order chi connectivity index (χ0) is 23.7. The van der Waals surface area contributed by atoms with E-state index in [-0.39, 0.29) is 17.4 Å². The molecule has 10 heteroatoms. The third-order valence-electron chi connectivity index (χ3n) is 5.77. The van der Waals surface area contributed by atoms with Crippen molar-refractivity contribution in [1.29, 1.82) is 0 Å². The van der Waals surface area contributed by atoms with Gasteiger partial charge in [-0.15, -0.1) is 0 Å². The van der Waals surface area contributed by atoms with E-state index in [1.165, 1.54) is 35.2 Å². The quantitative estimate of drug-likeness (QED) is 0.327. The van der Waals surface area contributed by atoms with Gasteiger partial charge in [-0.3, -0.25) is 14.9 Å². The Morgan fingerprint density at radius 1 is 0.971 bits per heavy atom. The zero-order valence-corrected chi connectivity index (χ0v) is 18.0. The minimum absolute atomic E-state index is 0.0407. The van der Waals surface area contributed by atoms with Crippen LogP contribution in [0.3, 0.4) is 0 Å². The van der Waals surface area contributed by atoms with Crippen LogP contribution in [0, 0.1) is 15.9 Å². The number of furan rings is 1. The number of halogens is 1. The van der Waals surface area contributed by atoms with E-state index in [0.29, 0.717) is 49.0 Å². The van der Waals surface area contributed by atoms with Gasteiger partial charge < -0.3 is 14.2 Å². The van der Waals surface area contributed by atoms with Crippen LogP contribution in [0.2, 0.25) is 0 Å². The van der Waals surface area contributed by atoms with Crippen LogP contribution in [0.1, 0.15) is 10.5 Å². The molecule has 3 heterocycles. The Morgan fingerprint density at radius 3 is 2.26 bits per heavy atom. The van der Waals surface area contributed by atoms with Gasteiger partial charge in [-0.05, 0) is 48.5 Å². The van der Waals surface area contributed by atoms with Crippen LogP contribution in [0.25, 0.3) is 17.1 Å². The molecular weight excluding hydrogens is 441 g/mol. The molecular formula is C24H20FN5O4. The highest BCUT2D eigenvalue weighted by molar-refractivity contribution is 5.94. The number of piperazine rings is 1. The molecule has 1 saturated heterocycles. The van der Waals surface area contributed by atoms with Crippen molar-refractivity contribution in [2.24, 2.45) is 0 Å². The van der Waals surface area contributed by atoms with Gasteiger partial charge in [0, 0.05) is 50.1 Å². The molecule has 0 bridgehead atoms. The third kappa shape index (κ3) is 4.13. The van der Waals surface area contributed by atoms with E-state index in [2.05, 4.69) is 10.00 Å². The number of nitrogens with zero attached hydrogens (tertiary/aromatic N) is 5. The van der Waals surface area contributed by atoms with E-state index in [1.54, 1.807) is 47.4 Å². The molecule has 0 unspecified atom stereocenters. The summed E-state index contributed by atoms with van der Waals surface area (Å²) in [6, 6.07) is 17.3. The van der Waals surface area contributed by atoms with E-state index >= 15 is 0 Å². The Morgan fingerprint density at radius 2 is 1.65 bits per heavy atom. The Balaban J connectivity index is 1.37. The number of carbonyl (C=O) groups is 1. The average Bonchev–Trinajstić information content (AvgIpc) is 3.55. The van der Waals surface area contributed by atoms with E-state index in [1.807, 2.05) is 0 Å². The van der Waals surface area contributed by atoms with Crippen LogP contribution in [0.4, 0.5) is 15.8 Å². The molecule has 0 aliphatic carbocycles. The third-order valence-corrected chi connectivity index (χ3v) is 5.77. The normalized spacial score (nSPS) is 13.8. The molecule has 2 aromatic heterocycles. The lowest BCUT2D eigenvalue weighted by atomic mass is 10.2. The molecule has 9 nitrogen and oxygen atoms in total. The number of hydrogen-bond acceptors (Lipinski definition) is 6. The van der Waals surface area contributed by atoms with Gasteiger partial charge in [0.05, 0.1) is 16.9 Å². The Labute approximate surface area is 193 Å². The molecule has 0 radical (unpaired) electrons. The molecule has 0 atom stereocenters. The summed E-state index contributed by atoms with van der Waals surface area (Å²) in [5.41, 5.74) is 2.32. The largest absolute Gasteiger partial charge is 0.463 e. The Bertz CT molecular complexity index is 1310. The van der Waals surface area contributed by atoms with Gasteiger partial charge in [0.2, 0.25) is 0 Å². The minimum atomic E-state index is -0.429. The fourth-order valence-electron chi connectivity index (χ4n) is 3.97. The second kappa shape index (κ2) is 8.81. The summed E-state index contributed by atoms with van der Waals surface area (Å²) in [7, 11) is 0. The minimum Gasteiger partial charge on any atom is -0.463 e. The molecule has 0 spiro atoms. The van der Waals surface area contributed by atoms with Crippen molar-refractivity contribution in [1.82, 2.24) is 14.7 Å². The van der Waals surface area contributed by atoms with Crippen molar-refractivity contribution in [2.75, 3.05) is 31.1 Å². The lowest BCUT2D eigenvalue weighted by molar-refractivity contribution is -0.384. The van der Waals surface area contributed by atoms with Crippen molar-refractivity contribution in [3.8, 4) is 17.1 Å². The van der Waals surface area contributed by atoms with Gasteiger partial charge >= 0.3 is 0 Å².